The van der Waals surface area contributed by atoms with Crippen molar-refractivity contribution in [3.05, 3.63) is 78.1 Å². The molecule has 0 spiro atoms. The van der Waals surface area contributed by atoms with Gasteiger partial charge >= 0.3 is 12.0 Å². The number of hydrogen-bond acceptors (Lipinski definition) is 12. The maximum absolute atomic E-state index is 12.7. The number of halogens is 1. The van der Waals surface area contributed by atoms with Gasteiger partial charge in [-0.3, -0.25) is 4.57 Å². The molecule has 5 heterocycles. The average molecular weight is 739 g/mol. The fourth-order valence-electron chi connectivity index (χ4n) is 6.70. The van der Waals surface area contributed by atoms with Crippen LogP contribution in [0.3, 0.4) is 0 Å². The van der Waals surface area contributed by atoms with Crippen LogP contribution in [0.5, 0.6) is 0 Å². The first-order valence-corrected chi connectivity index (χ1v) is 17.3. The summed E-state index contributed by atoms with van der Waals surface area (Å²) in [6, 6.07) is 20.0. The summed E-state index contributed by atoms with van der Waals surface area (Å²) >= 11 is 0. The zero-order valence-corrected chi connectivity index (χ0v) is 29.7. The minimum Gasteiger partial charge on any atom is -0.479 e. The highest BCUT2D eigenvalue weighted by Gasteiger charge is 2.48. The summed E-state index contributed by atoms with van der Waals surface area (Å²) in [5, 5.41) is 43.6. The topological polar surface area (TPSA) is 225 Å². The van der Waals surface area contributed by atoms with Crippen molar-refractivity contribution in [3.8, 4) is 0 Å². The Morgan fingerprint density at radius 2 is 1.65 bits per heavy atom. The van der Waals surface area contributed by atoms with E-state index in [1.807, 2.05) is 48.2 Å². The number of nitrogens with one attached hydrogen (secondary N) is 4. The van der Waals surface area contributed by atoms with Crippen molar-refractivity contribution in [2.24, 2.45) is 5.73 Å². The summed E-state index contributed by atoms with van der Waals surface area (Å²) in [5.41, 5.74) is 7.76. The van der Waals surface area contributed by atoms with Crippen LogP contribution in [-0.2, 0) is 9.53 Å². The van der Waals surface area contributed by atoms with E-state index in [1.165, 1.54) is 10.9 Å². The third kappa shape index (κ3) is 8.71. The number of carbonyl (C=O) groups is 2. The number of carbonyl (C=O) groups excluding carboxylic acids is 1. The van der Waals surface area contributed by atoms with Crippen LogP contribution in [0, 0.1) is 0 Å². The van der Waals surface area contributed by atoms with E-state index < -0.39 is 30.5 Å². The van der Waals surface area contributed by atoms with Crippen molar-refractivity contribution < 1.29 is 29.6 Å². The molecule has 3 aliphatic rings. The quantitative estimate of drug-likeness (QED) is 0.115. The zero-order chi connectivity index (χ0) is 35.9. The van der Waals surface area contributed by atoms with Gasteiger partial charge in [0.05, 0.1) is 6.33 Å². The number of anilines is 2. The largest absolute Gasteiger partial charge is 0.479 e. The van der Waals surface area contributed by atoms with E-state index >= 15 is 0 Å². The molecule has 0 saturated carbocycles. The second-order valence-corrected chi connectivity index (χ2v) is 12.9. The van der Waals surface area contributed by atoms with E-state index in [4.69, 9.17) is 20.4 Å². The molecule has 3 saturated heterocycles. The third-order valence-corrected chi connectivity index (χ3v) is 9.24. The van der Waals surface area contributed by atoms with Gasteiger partial charge in [0.25, 0.3) is 0 Å². The van der Waals surface area contributed by atoms with E-state index in [0.717, 1.165) is 37.2 Å². The number of ether oxygens (including phenoxy) is 1. The Morgan fingerprint density at radius 1 is 1.00 bits per heavy atom. The van der Waals surface area contributed by atoms with Crippen LogP contribution >= 0.6 is 12.4 Å². The monoisotopic (exact) mass is 738 g/mol. The van der Waals surface area contributed by atoms with Gasteiger partial charge in [-0.1, -0.05) is 67.6 Å². The lowest BCUT2D eigenvalue weighted by molar-refractivity contribution is -0.155. The summed E-state index contributed by atoms with van der Waals surface area (Å²) in [7, 11) is 0. The first kappa shape index (κ1) is 38.6. The Kier molecular flexibility index (Phi) is 13.2. The molecule has 0 radical (unpaired) electrons. The van der Waals surface area contributed by atoms with E-state index in [1.54, 1.807) is 0 Å². The summed E-state index contributed by atoms with van der Waals surface area (Å²) in [6.45, 7) is 5.80. The third-order valence-electron chi connectivity index (χ3n) is 9.24. The second kappa shape index (κ2) is 17.8. The highest BCUT2D eigenvalue weighted by atomic mass is 35.5. The molecule has 3 aliphatic heterocycles. The first-order chi connectivity index (χ1) is 24.8. The van der Waals surface area contributed by atoms with Gasteiger partial charge in [0.15, 0.2) is 29.3 Å². The van der Waals surface area contributed by atoms with Gasteiger partial charge in [0, 0.05) is 44.2 Å². The zero-order valence-electron chi connectivity index (χ0n) is 28.8. The van der Waals surface area contributed by atoms with Crippen LogP contribution < -0.4 is 31.9 Å². The number of benzene rings is 2. The standard InChI is InChI=1S/C33H39N9O6.C2H7N.ClH/c43-25-26(44)30(48-27(25)31(45)46)42-18-36-24-28(35-16-23(19-7-3-1-4-8-19)20-9-5-2-6-10-20)39-32(40-29(24)42)41-14-12-22(17-41)38-33(47)37-21-11-13-34-15-21;1-2-3;/h1-10,18,21-23,25-27,30,34,43-44H,11-17H2,(H,45,46)(H,35,39,40)(H2,37,38,47);2-3H2,1H3;1H/t21-,22-,25+,26-,27+,30-;;/m1../s1. The number of aliphatic hydroxyl groups excluding tert-OH is 2. The van der Waals surface area contributed by atoms with Crippen molar-refractivity contribution in [3.63, 3.8) is 0 Å². The predicted molar refractivity (Wildman–Crippen MR) is 198 cm³/mol. The lowest BCUT2D eigenvalue weighted by Crippen LogP contribution is -2.47. The van der Waals surface area contributed by atoms with Crippen molar-refractivity contribution in [2.45, 2.75) is 62.3 Å². The molecule has 0 bridgehead atoms. The molecule has 7 rings (SSSR count). The maximum atomic E-state index is 12.7. The molecule has 3 fully saturated rings. The fourth-order valence-corrected chi connectivity index (χ4v) is 6.70. The summed E-state index contributed by atoms with van der Waals surface area (Å²) in [4.78, 5) is 40.6. The number of aliphatic carboxylic acids is 1. The van der Waals surface area contributed by atoms with Crippen LogP contribution in [-0.4, -0.2) is 117 Å². The number of carboxylic acid groups (broad SMARTS) is 1. The van der Waals surface area contributed by atoms with Crippen molar-refractivity contribution in [2.75, 3.05) is 49.5 Å². The highest BCUT2D eigenvalue weighted by molar-refractivity contribution is 5.85. The Bertz CT molecular complexity index is 1720. The first-order valence-electron chi connectivity index (χ1n) is 17.3. The van der Waals surface area contributed by atoms with E-state index in [2.05, 4.69) is 50.5 Å². The molecule has 17 heteroatoms. The fraction of sp³-hybridized carbons (Fsp3) is 0.457. The number of nitrogens with zero attached hydrogens (tertiary/aromatic N) is 5. The number of aromatic nitrogens is 4. The second-order valence-electron chi connectivity index (χ2n) is 12.9. The molecule has 16 nitrogen and oxygen atoms in total. The van der Waals surface area contributed by atoms with Crippen molar-refractivity contribution in [1.29, 1.82) is 0 Å². The minimum absolute atomic E-state index is 0. The number of urea groups is 1. The number of carboxylic acids is 1. The molecule has 2 amide bonds. The summed E-state index contributed by atoms with van der Waals surface area (Å²) < 4.78 is 7.04. The minimum atomic E-state index is -1.64. The number of fused-ring (bicyclic) bond motifs is 1. The van der Waals surface area contributed by atoms with Crippen molar-refractivity contribution >= 4 is 47.3 Å². The molecule has 2 aromatic heterocycles. The molecule has 0 aliphatic carbocycles. The number of hydrogen-bond donors (Lipinski definition) is 8. The number of aliphatic hydroxyl groups is 2. The lowest BCUT2D eigenvalue weighted by atomic mass is 9.91. The van der Waals surface area contributed by atoms with Crippen LogP contribution in [0.4, 0.5) is 16.6 Å². The molecule has 280 valence electrons. The Labute approximate surface area is 307 Å². The van der Waals surface area contributed by atoms with Crippen LogP contribution in [0.25, 0.3) is 11.2 Å². The van der Waals surface area contributed by atoms with E-state index in [0.29, 0.717) is 49.0 Å². The van der Waals surface area contributed by atoms with Crippen LogP contribution in [0.15, 0.2) is 67.0 Å². The molecule has 0 unspecified atom stereocenters. The number of nitrogens with two attached hydrogens (primary N) is 1. The van der Waals surface area contributed by atoms with Gasteiger partial charge in [-0.2, -0.15) is 9.97 Å². The number of amides is 2. The van der Waals surface area contributed by atoms with E-state index in [9.17, 15) is 24.9 Å². The molecule has 6 atom stereocenters. The highest BCUT2D eigenvalue weighted by Crippen LogP contribution is 2.34. The van der Waals surface area contributed by atoms with Gasteiger partial charge in [-0.05, 0) is 37.1 Å². The molecular formula is C35H47ClN10O6. The summed E-state index contributed by atoms with van der Waals surface area (Å²) in [6.07, 6.45) is -3.06. The smallest absolute Gasteiger partial charge is 0.335 e. The Morgan fingerprint density at radius 3 is 2.25 bits per heavy atom. The summed E-state index contributed by atoms with van der Waals surface area (Å²) in [5.74, 6) is -0.599. The van der Waals surface area contributed by atoms with Gasteiger partial charge in [-0.15, -0.1) is 12.4 Å². The SMILES string of the molecule is CCN.Cl.O=C(N[C@@H]1CCNC1)N[C@@H]1CCN(c2nc(NCC(c3ccccc3)c3ccccc3)c3ncn([C@@H]4O[C@H](C(=O)O)[C@@H](O)[C@H]4O)c3n2)C1. The molecule has 52 heavy (non-hydrogen) atoms. The average Bonchev–Trinajstić information content (AvgIpc) is 3.95. The van der Waals surface area contributed by atoms with Gasteiger partial charge < -0.3 is 52.0 Å². The van der Waals surface area contributed by atoms with Gasteiger partial charge in [0.1, 0.15) is 12.2 Å². The van der Waals surface area contributed by atoms with Gasteiger partial charge in [-0.25, -0.2) is 14.6 Å². The van der Waals surface area contributed by atoms with Crippen LogP contribution in [0.2, 0.25) is 0 Å². The molecule has 9 N–H and O–H groups in total. The molecule has 2 aromatic carbocycles. The normalized spacial score (nSPS) is 23.9. The predicted octanol–water partition coefficient (Wildman–Crippen LogP) is 1.40. The number of imidazole rings is 1. The molecular weight excluding hydrogens is 692 g/mol. The lowest BCUT2D eigenvalue weighted by Gasteiger charge is -2.22. The van der Waals surface area contributed by atoms with Crippen LogP contribution in [0.1, 0.15) is 43.0 Å². The van der Waals surface area contributed by atoms with Crippen molar-refractivity contribution in [1.82, 2.24) is 35.5 Å². The maximum Gasteiger partial charge on any atom is 0.335 e. The van der Waals surface area contributed by atoms with E-state index in [-0.39, 0.29) is 36.4 Å². The Balaban J connectivity index is 0.00000126. The Hall–Kier alpha value is -4.58. The van der Waals surface area contributed by atoms with Gasteiger partial charge in [0.2, 0.25) is 5.95 Å². The molecule has 4 aromatic rings. The number of rotatable bonds is 10.